The molecule has 0 spiro atoms. The molecule has 3 aromatic rings. The number of piperidine rings is 1. The molecule has 0 saturated carbocycles. The Morgan fingerprint density at radius 2 is 2.09 bits per heavy atom. The van der Waals surface area contributed by atoms with Crippen molar-refractivity contribution in [2.75, 3.05) is 38.7 Å². The summed E-state index contributed by atoms with van der Waals surface area (Å²) in [7, 11) is 1.62. The molecule has 0 aliphatic carbocycles. The number of nitrogens with zero attached hydrogens (tertiary/aromatic N) is 3. The van der Waals surface area contributed by atoms with E-state index >= 15 is 0 Å². The minimum Gasteiger partial charge on any atom is -0.493 e. The predicted molar refractivity (Wildman–Crippen MR) is 134 cm³/mol. The summed E-state index contributed by atoms with van der Waals surface area (Å²) in [5.74, 6) is 1.35. The van der Waals surface area contributed by atoms with Crippen LogP contribution in [0.4, 0.5) is 15.9 Å². The van der Waals surface area contributed by atoms with Gasteiger partial charge in [0.05, 0.1) is 30.4 Å². The fourth-order valence-corrected chi connectivity index (χ4v) is 5.23. The third-order valence-corrected chi connectivity index (χ3v) is 7.05. The molecule has 0 radical (unpaired) electrons. The second kappa shape index (κ2) is 10.9. The van der Waals surface area contributed by atoms with Crippen molar-refractivity contribution >= 4 is 34.0 Å². The molecule has 1 N–H and O–H groups in total. The van der Waals surface area contributed by atoms with Crippen LogP contribution in [0.3, 0.4) is 0 Å². The first-order valence-electron chi connectivity index (χ1n) is 12.2. The van der Waals surface area contributed by atoms with E-state index in [1.807, 2.05) is 12.1 Å². The number of halogens is 2. The second-order valence-corrected chi connectivity index (χ2v) is 9.40. The lowest BCUT2D eigenvalue weighted by Crippen LogP contribution is -2.51. The molecule has 0 bridgehead atoms. The number of likely N-dealkylation sites (tertiary alicyclic amines) is 1. The van der Waals surface area contributed by atoms with Gasteiger partial charge in [-0.25, -0.2) is 14.4 Å². The SMILES string of the molecule is COc1cc2ncnc(Nc3ccc(F)c(Cl)c3)c2cc1OCCCN1CCCC2OCCCC21. The van der Waals surface area contributed by atoms with Gasteiger partial charge in [-0.3, -0.25) is 4.90 Å². The molecule has 2 unspecified atom stereocenters. The summed E-state index contributed by atoms with van der Waals surface area (Å²) in [5.41, 5.74) is 1.33. The normalized spacial score (nSPS) is 20.4. The molecule has 0 amide bonds. The van der Waals surface area contributed by atoms with Crippen LogP contribution >= 0.6 is 11.6 Å². The van der Waals surface area contributed by atoms with Crippen LogP contribution in [0.2, 0.25) is 5.02 Å². The van der Waals surface area contributed by atoms with Gasteiger partial charge in [-0.2, -0.15) is 0 Å². The van der Waals surface area contributed by atoms with E-state index < -0.39 is 5.82 Å². The van der Waals surface area contributed by atoms with Gasteiger partial charge in [0.1, 0.15) is 18.0 Å². The van der Waals surface area contributed by atoms with Gasteiger partial charge in [0, 0.05) is 36.3 Å². The summed E-state index contributed by atoms with van der Waals surface area (Å²) in [6.07, 6.45) is 7.50. The lowest BCUT2D eigenvalue weighted by molar-refractivity contribution is -0.0757. The standard InChI is InChI=1S/C26H30ClFN4O3/c1-33-24-15-21-18(26(30-16-29-21)31-17-7-8-20(28)19(27)13-17)14-25(24)35-12-4-10-32-9-2-6-23-22(32)5-3-11-34-23/h7-8,13-16,22-23H,2-6,9-12H2,1H3,(H,29,30,31). The number of hydrogen-bond donors (Lipinski definition) is 1. The van der Waals surface area contributed by atoms with Crippen molar-refractivity contribution in [1.29, 1.82) is 0 Å². The first-order valence-corrected chi connectivity index (χ1v) is 12.5. The van der Waals surface area contributed by atoms with Gasteiger partial charge in [-0.05, 0) is 62.9 Å². The largest absolute Gasteiger partial charge is 0.493 e. The van der Waals surface area contributed by atoms with Crippen LogP contribution in [0.25, 0.3) is 10.9 Å². The summed E-state index contributed by atoms with van der Waals surface area (Å²) in [6.45, 7) is 3.58. The predicted octanol–water partition coefficient (Wildman–Crippen LogP) is 5.59. The quantitative estimate of drug-likeness (QED) is 0.404. The van der Waals surface area contributed by atoms with Gasteiger partial charge < -0.3 is 19.5 Å². The average molecular weight is 501 g/mol. The van der Waals surface area contributed by atoms with Gasteiger partial charge in [-0.15, -0.1) is 0 Å². The van der Waals surface area contributed by atoms with Crippen LogP contribution in [0.5, 0.6) is 11.5 Å². The van der Waals surface area contributed by atoms with E-state index in [0.29, 0.717) is 47.3 Å². The zero-order valence-electron chi connectivity index (χ0n) is 19.8. The Hall–Kier alpha value is -2.68. The molecule has 2 aliphatic heterocycles. The number of benzene rings is 2. The first-order chi connectivity index (χ1) is 17.1. The smallest absolute Gasteiger partial charge is 0.162 e. The fourth-order valence-electron chi connectivity index (χ4n) is 5.05. The number of anilines is 2. The molecule has 35 heavy (non-hydrogen) atoms. The Morgan fingerprint density at radius 3 is 2.94 bits per heavy atom. The van der Waals surface area contributed by atoms with Crippen LogP contribution in [0.15, 0.2) is 36.7 Å². The van der Waals surface area contributed by atoms with Crippen molar-refractivity contribution in [2.45, 2.75) is 44.2 Å². The first kappa shape index (κ1) is 24.0. The minimum absolute atomic E-state index is 0.0406. The number of aromatic nitrogens is 2. The van der Waals surface area contributed by atoms with Crippen LogP contribution in [0, 0.1) is 5.82 Å². The van der Waals surface area contributed by atoms with Crippen molar-refractivity contribution in [3.05, 3.63) is 47.5 Å². The molecular formula is C26H30ClFN4O3. The third-order valence-electron chi connectivity index (χ3n) is 6.76. The molecule has 2 aromatic carbocycles. The molecule has 2 saturated heterocycles. The number of methoxy groups -OCH3 is 1. The van der Waals surface area contributed by atoms with Crippen LogP contribution in [-0.2, 0) is 4.74 Å². The maximum Gasteiger partial charge on any atom is 0.162 e. The van der Waals surface area contributed by atoms with E-state index in [0.717, 1.165) is 37.9 Å². The van der Waals surface area contributed by atoms with Crippen LogP contribution in [-0.4, -0.2) is 60.4 Å². The topological polar surface area (TPSA) is 68.7 Å². The molecule has 5 rings (SSSR count). The summed E-state index contributed by atoms with van der Waals surface area (Å²) >= 11 is 5.93. The van der Waals surface area contributed by atoms with Gasteiger partial charge in [0.15, 0.2) is 11.5 Å². The van der Waals surface area contributed by atoms with Crippen molar-refractivity contribution in [2.24, 2.45) is 0 Å². The molecule has 1 aromatic heterocycles. The number of nitrogens with one attached hydrogen (secondary N) is 1. The Labute approximate surface area is 209 Å². The highest BCUT2D eigenvalue weighted by Gasteiger charge is 2.33. The van der Waals surface area contributed by atoms with E-state index in [1.54, 1.807) is 13.2 Å². The van der Waals surface area contributed by atoms with E-state index in [2.05, 4.69) is 20.2 Å². The fraction of sp³-hybridized carbons (Fsp3) is 0.462. The highest BCUT2D eigenvalue weighted by Crippen LogP contribution is 2.35. The number of ether oxygens (including phenoxy) is 3. The summed E-state index contributed by atoms with van der Waals surface area (Å²) in [4.78, 5) is 11.3. The summed E-state index contributed by atoms with van der Waals surface area (Å²) in [6, 6.07) is 8.71. The van der Waals surface area contributed by atoms with Crippen molar-refractivity contribution in [1.82, 2.24) is 14.9 Å². The summed E-state index contributed by atoms with van der Waals surface area (Å²) in [5, 5.41) is 4.01. The van der Waals surface area contributed by atoms with Crippen molar-refractivity contribution < 1.29 is 18.6 Å². The highest BCUT2D eigenvalue weighted by molar-refractivity contribution is 6.31. The van der Waals surface area contributed by atoms with E-state index in [9.17, 15) is 4.39 Å². The maximum absolute atomic E-state index is 13.6. The summed E-state index contributed by atoms with van der Waals surface area (Å²) < 4.78 is 31.3. The Morgan fingerprint density at radius 1 is 1.17 bits per heavy atom. The molecular weight excluding hydrogens is 471 g/mol. The van der Waals surface area contributed by atoms with Crippen LogP contribution in [0.1, 0.15) is 32.1 Å². The third kappa shape index (κ3) is 5.44. The molecule has 2 atom stereocenters. The number of fused-ring (bicyclic) bond motifs is 2. The average Bonchev–Trinajstić information content (AvgIpc) is 2.88. The Bertz CT molecular complexity index is 1180. The number of hydrogen-bond acceptors (Lipinski definition) is 7. The van der Waals surface area contributed by atoms with Gasteiger partial charge in [0.2, 0.25) is 0 Å². The van der Waals surface area contributed by atoms with Crippen molar-refractivity contribution in [3.63, 3.8) is 0 Å². The Balaban J connectivity index is 1.28. The van der Waals surface area contributed by atoms with Crippen LogP contribution < -0.4 is 14.8 Å². The molecule has 186 valence electrons. The molecule has 2 fully saturated rings. The van der Waals surface area contributed by atoms with E-state index in [-0.39, 0.29) is 5.02 Å². The monoisotopic (exact) mass is 500 g/mol. The molecule has 7 nitrogen and oxygen atoms in total. The maximum atomic E-state index is 13.6. The zero-order chi connectivity index (χ0) is 24.2. The van der Waals surface area contributed by atoms with E-state index in [4.69, 9.17) is 25.8 Å². The van der Waals surface area contributed by atoms with Gasteiger partial charge in [-0.1, -0.05) is 11.6 Å². The second-order valence-electron chi connectivity index (χ2n) is 9.00. The van der Waals surface area contributed by atoms with Crippen molar-refractivity contribution in [3.8, 4) is 11.5 Å². The lowest BCUT2D eigenvalue weighted by atomic mass is 9.92. The minimum atomic E-state index is -0.471. The molecule has 2 aliphatic rings. The molecule has 3 heterocycles. The zero-order valence-corrected chi connectivity index (χ0v) is 20.6. The number of rotatable bonds is 8. The highest BCUT2D eigenvalue weighted by atomic mass is 35.5. The Kier molecular flexibility index (Phi) is 7.51. The lowest BCUT2D eigenvalue weighted by Gasteiger charge is -2.43. The molecule has 9 heteroatoms. The van der Waals surface area contributed by atoms with Gasteiger partial charge in [0.25, 0.3) is 0 Å². The van der Waals surface area contributed by atoms with Gasteiger partial charge >= 0.3 is 0 Å². The van der Waals surface area contributed by atoms with E-state index in [1.165, 1.54) is 37.7 Å².